The Balaban J connectivity index is 2.41. The standard InChI is InChI=1S/C14H13FN4O2/c1-18-12(11(7-16)13(20)19(2)14(18)21)17-8-9-3-5-10(15)6-4-9/h3-6,17H,8H2,1-2H3. The van der Waals surface area contributed by atoms with Crippen LogP contribution in [0.15, 0.2) is 33.9 Å². The van der Waals surface area contributed by atoms with E-state index in [0.717, 1.165) is 10.1 Å². The van der Waals surface area contributed by atoms with Gasteiger partial charge in [-0.1, -0.05) is 12.1 Å². The lowest BCUT2D eigenvalue weighted by atomic mass is 10.2. The van der Waals surface area contributed by atoms with Crippen LogP contribution >= 0.6 is 0 Å². The number of rotatable bonds is 3. The van der Waals surface area contributed by atoms with Crippen LogP contribution in [0, 0.1) is 17.1 Å². The highest BCUT2D eigenvalue weighted by Crippen LogP contribution is 2.10. The van der Waals surface area contributed by atoms with Crippen molar-refractivity contribution in [2.45, 2.75) is 6.54 Å². The summed E-state index contributed by atoms with van der Waals surface area (Å²) in [5.41, 5.74) is -0.557. The van der Waals surface area contributed by atoms with E-state index < -0.39 is 11.2 Å². The zero-order chi connectivity index (χ0) is 15.6. The molecule has 6 nitrogen and oxygen atoms in total. The van der Waals surface area contributed by atoms with Crippen molar-refractivity contribution in [2.24, 2.45) is 14.1 Å². The summed E-state index contributed by atoms with van der Waals surface area (Å²) in [5, 5.41) is 12.0. The molecule has 0 fully saturated rings. The Morgan fingerprint density at radius 1 is 1.19 bits per heavy atom. The molecular weight excluding hydrogens is 275 g/mol. The molecule has 1 N–H and O–H groups in total. The van der Waals surface area contributed by atoms with Gasteiger partial charge in [0.15, 0.2) is 5.56 Å². The molecule has 7 heteroatoms. The lowest BCUT2D eigenvalue weighted by Crippen LogP contribution is -2.39. The van der Waals surface area contributed by atoms with Crippen LogP contribution in [0.2, 0.25) is 0 Å². The van der Waals surface area contributed by atoms with Gasteiger partial charge in [-0.15, -0.1) is 0 Å². The lowest BCUT2D eigenvalue weighted by Gasteiger charge is -2.13. The number of aromatic nitrogens is 2. The minimum atomic E-state index is -0.651. The zero-order valence-corrected chi connectivity index (χ0v) is 11.6. The van der Waals surface area contributed by atoms with Crippen LogP contribution in [0.3, 0.4) is 0 Å². The highest BCUT2D eigenvalue weighted by atomic mass is 19.1. The van der Waals surface area contributed by atoms with Crippen LogP contribution in [-0.4, -0.2) is 9.13 Å². The quantitative estimate of drug-likeness (QED) is 0.902. The second kappa shape index (κ2) is 5.63. The number of nitriles is 1. The van der Waals surface area contributed by atoms with E-state index >= 15 is 0 Å². The third-order valence-electron chi connectivity index (χ3n) is 3.15. The molecule has 0 amide bonds. The maximum absolute atomic E-state index is 12.8. The van der Waals surface area contributed by atoms with E-state index in [1.54, 1.807) is 18.2 Å². The first-order valence-corrected chi connectivity index (χ1v) is 6.14. The van der Waals surface area contributed by atoms with E-state index in [2.05, 4.69) is 5.32 Å². The van der Waals surface area contributed by atoms with Crippen LogP contribution < -0.4 is 16.6 Å². The van der Waals surface area contributed by atoms with Crippen molar-refractivity contribution in [3.05, 3.63) is 62.0 Å². The van der Waals surface area contributed by atoms with Crippen molar-refractivity contribution in [2.75, 3.05) is 5.32 Å². The van der Waals surface area contributed by atoms with Crippen LogP contribution in [0.5, 0.6) is 0 Å². The Morgan fingerprint density at radius 3 is 2.38 bits per heavy atom. The topological polar surface area (TPSA) is 79.8 Å². The third-order valence-corrected chi connectivity index (χ3v) is 3.15. The molecule has 0 unspecified atom stereocenters. The van der Waals surface area contributed by atoms with Crippen molar-refractivity contribution in [3.8, 4) is 6.07 Å². The van der Waals surface area contributed by atoms with Crippen LogP contribution in [0.25, 0.3) is 0 Å². The molecule has 1 heterocycles. The summed E-state index contributed by atoms with van der Waals surface area (Å²) >= 11 is 0. The minimum Gasteiger partial charge on any atom is -0.366 e. The fourth-order valence-electron chi connectivity index (χ4n) is 1.94. The molecular formula is C14H13FN4O2. The molecule has 108 valence electrons. The Bertz CT molecular complexity index is 828. The number of anilines is 1. The maximum atomic E-state index is 12.8. The molecule has 21 heavy (non-hydrogen) atoms. The van der Waals surface area contributed by atoms with Crippen molar-refractivity contribution in [1.29, 1.82) is 5.26 Å². The number of hydrogen-bond acceptors (Lipinski definition) is 4. The summed E-state index contributed by atoms with van der Waals surface area (Å²) in [5.74, 6) is -0.202. The van der Waals surface area contributed by atoms with Crippen LogP contribution in [0.4, 0.5) is 10.2 Å². The fraction of sp³-hybridized carbons (Fsp3) is 0.214. The van der Waals surface area contributed by atoms with Gasteiger partial charge in [0.1, 0.15) is 17.7 Å². The summed E-state index contributed by atoms with van der Waals surface area (Å²) < 4.78 is 14.9. The highest BCUT2D eigenvalue weighted by molar-refractivity contribution is 5.51. The van der Waals surface area contributed by atoms with Gasteiger partial charge in [0.05, 0.1) is 0 Å². The largest absolute Gasteiger partial charge is 0.366 e. The SMILES string of the molecule is Cn1c(NCc2ccc(F)cc2)c(C#N)c(=O)n(C)c1=O. The predicted octanol–water partition coefficient (Wildman–Crippen LogP) is 0.707. The smallest absolute Gasteiger partial charge is 0.332 e. The Labute approximate surface area is 119 Å². The average molecular weight is 288 g/mol. The lowest BCUT2D eigenvalue weighted by molar-refractivity contribution is 0.627. The first kappa shape index (κ1) is 14.5. The van der Waals surface area contributed by atoms with Gasteiger partial charge < -0.3 is 5.32 Å². The van der Waals surface area contributed by atoms with Crippen molar-refractivity contribution < 1.29 is 4.39 Å². The van der Waals surface area contributed by atoms with Crippen molar-refractivity contribution in [3.63, 3.8) is 0 Å². The fourth-order valence-corrected chi connectivity index (χ4v) is 1.94. The molecule has 2 aromatic rings. The zero-order valence-electron chi connectivity index (χ0n) is 11.6. The van der Waals surface area contributed by atoms with E-state index in [1.807, 2.05) is 0 Å². The van der Waals surface area contributed by atoms with E-state index in [9.17, 15) is 14.0 Å². The van der Waals surface area contributed by atoms with Gasteiger partial charge in [-0.2, -0.15) is 5.26 Å². The van der Waals surface area contributed by atoms with Crippen LogP contribution in [-0.2, 0) is 20.6 Å². The first-order chi connectivity index (χ1) is 9.95. The van der Waals surface area contributed by atoms with Crippen LogP contribution in [0.1, 0.15) is 11.1 Å². The number of benzene rings is 1. The Hall–Kier alpha value is -2.88. The molecule has 0 saturated carbocycles. The number of nitrogens with zero attached hydrogens (tertiary/aromatic N) is 3. The molecule has 0 spiro atoms. The highest BCUT2D eigenvalue weighted by Gasteiger charge is 2.14. The molecule has 0 aliphatic rings. The predicted molar refractivity (Wildman–Crippen MR) is 75.4 cm³/mol. The second-order valence-electron chi connectivity index (χ2n) is 4.52. The first-order valence-electron chi connectivity index (χ1n) is 6.14. The molecule has 0 atom stereocenters. The molecule has 1 aromatic heterocycles. The molecule has 0 saturated heterocycles. The monoisotopic (exact) mass is 288 g/mol. The Morgan fingerprint density at radius 2 is 1.81 bits per heavy atom. The summed E-state index contributed by atoms with van der Waals surface area (Å²) in [4.78, 5) is 23.7. The Kier molecular flexibility index (Phi) is 3.89. The number of hydrogen-bond donors (Lipinski definition) is 1. The summed E-state index contributed by atoms with van der Waals surface area (Å²) in [6.45, 7) is 0.259. The van der Waals surface area contributed by atoms with Gasteiger partial charge in [0.2, 0.25) is 0 Å². The van der Waals surface area contributed by atoms with E-state index in [4.69, 9.17) is 5.26 Å². The van der Waals surface area contributed by atoms with Gasteiger partial charge >= 0.3 is 5.69 Å². The summed E-state index contributed by atoms with van der Waals surface area (Å²) in [6, 6.07) is 7.58. The molecule has 1 aromatic carbocycles. The third kappa shape index (κ3) is 2.69. The van der Waals surface area contributed by atoms with Gasteiger partial charge in [0, 0.05) is 20.6 Å². The van der Waals surface area contributed by atoms with Gasteiger partial charge in [0.25, 0.3) is 5.56 Å². The summed E-state index contributed by atoms with van der Waals surface area (Å²) in [7, 11) is 2.78. The molecule has 2 rings (SSSR count). The molecule has 0 aliphatic heterocycles. The number of nitrogens with one attached hydrogen (secondary N) is 1. The van der Waals surface area contributed by atoms with Gasteiger partial charge in [-0.25, -0.2) is 9.18 Å². The normalized spacial score (nSPS) is 10.2. The van der Waals surface area contributed by atoms with Gasteiger partial charge in [-0.05, 0) is 17.7 Å². The molecule has 0 radical (unpaired) electrons. The maximum Gasteiger partial charge on any atom is 0.332 e. The van der Waals surface area contributed by atoms with E-state index in [-0.39, 0.29) is 23.7 Å². The van der Waals surface area contributed by atoms with E-state index in [0.29, 0.717) is 0 Å². The van der Waals surface area contributed by atoms with E-state index in [1.165, 1.54) is 30.8 Å². The average Bonchev–Trinajstić information content (AvgIpc) is 2.49. The number of halogens is 1. The molecule has 0 bridgehead atoms. The van der Waals surface area contributed by atoms with Crippen molar-refractivity contribution >= 4 is 5.82 Å². The minimum absolute atomic E-state index is 0.137. The molecule has 0 aliphatic carbocycles. The van der Waals surface area contributed by atoms with Crippen molar-refractivity contribution in [1.82, 2.24) is 9.13 Å². The summed E-state index contributed by atoms with van der Waals surface area (Å²) in [6.07, 6.45) is 0. The van der Waals surface area contributed by atoms with Gasteiger partial charge in [-0.3, -0.25) is 13.9 Å². The second-order valence-corrected chi connectivity index (χ2v) is 4.52.